The molecule has 5 heteroatoms. The molecule has 1 fully saturated rings. The largest absolute Gasteiger partial charge is 0.481 e. The van der Waals surface area contributed by atoms with E-state index in [1.54, 1.807) is 0 Å². The predicted octanol–water partition coefficient (Wildman–Crippen LogP) is 1.56. The third kappa shape index (κ3) is 5.61. The molecule has 16 heavy (non-hydrogen) atoms. The molecular weight excluding hydrogens is 228 g/mol. The maximum absolute atomic E-state index is 11.8. The molecule has 0 aromatic heterocycles. The van der Waals surface area contributed by atoms with E-state index in [-0.39, 0.29) is 6.42 Å². The Labute approximate surface area is 98.8 Å². The van der Waals surface area contributed by atoms with E-state index >= 15 is 0 Å². The lowest BCUT2D eigenvalue weighted by atomic mass is 10.2. The van der Waals surface area contributed by atoms with E-state index in [1.165, 1.54) is 0 Å². The first-order chi connectivity index (χ1) is 7.70. The van der Waals surface area contributed by atoms with E-state index < -0.39 is 16.8 Å². The SMILES string of the molecule is O=C(O)CCCCCS(=O)C1CCOCC1. The van der Waals surface area contributed by atoms with Gasteiger partial charge in [0, 0.05) is 41.4 Å². The van der Waals surface area contributed by atoms with Gasteiger partial charge in [-0.3, -0.25) is 9.00 Å². The number of carboxylic acids is 1. The Balaban J connectivity index is 2.03. The van der Waals surface area contributed by atoms with Crippen LogP contribution in [0.15, 0.2) is 0 Å². The van der Waals surface area contributed by atoms with Crippen molar-refractivity contribution in [3.8, 4) is 0 Å². The molecule has 1 N–H and O–H groups in total. The summed E-state index contributed by atoms with van der Waals surface area (Å²) in [5, 5.41) is 8.75. The van der Waals surface area contributed by atoms with Gasteiger partial charge in [0.1, 0.15) is 0 Å². The van der Waals surface area contributed by atoms with Gasteiger partial charge in [0.2, 0.25) is 0 Å². The summed E-state index contributed by atoms with van der Waals surface area (Å²) in [6.45, 7) is 1.46. The summed E-state index contributed by atoms with van der Waals surface area (Å²) in [6, 6.07) is 0. The number of carbonyl (C=O) groups is 1. The summed E-state index contributed by atoms with van der Waals surface area (Å²) in [5.41, 5.74) is 0. The van der Waals surface area contributed by atoms with Crippen LogP contribution in [0, 0.1) is 0 Å². The minimum Gasteiger partial charge on any atom is -0.481 e. The minimum atomic E-state index is -0.748. The highest BCUT2D eigenvalue weighted by atomic mass is 32.2. The van der Waals surface area contributed by atoms with E-state index in [0.29, 0.717) is 17.4 Å². The van der Waals surface area contributed by atoms with Crippen LogP contribution in [0.3, 0.4) is 0 Å². The normalized spacial score (nSPS) is 19.5. The van der Waals surface area contributed by atoms with Gasteiger partial charge < -0.3 is 9.84 Å². The maximum Gasteiger partial charge on any atom is 0.303 e. The molecule has 0 radical (unpaired) electrons. The lowest BCUT2D eigenvalue weighted by Crippen LogP contribution is -2.26. The Kier molecular flexibility index (Phi) is 6.64. The lowest BCUT2D eigenvalue weighted by molar-refractivity contribution is -0.137. The number of carboxylic acid groups (broad SMARTS) is 1. The van der Waals surface area contributed by atoms with Crippen LogP contribution >= 0.6 is 0 Å². The van der Waals surface area contributed by atoms with E-state index in [0.717, 1.165) is 38.9 Å². The zero-order valence-corrected chi connectivity index (χ0v) is 10.3. The average molecular weight is 248 g/mol. The summed E-state index contributed by atoms with van der Waals surface area (Å²) < 4.78 is 17.1. The van der Waals surface area contributed by atoms with Crippen molar-refractivity contribution in [3.05, 3.63) is 0 Å². The monoisotopic (exact) mass is 248 g/mol. The van der Waals surface area contributed by atoms with Crippen molar-refractivity contribution in [2.24, 2.45) is 0 Å². The number of aliphatic carboxylic acids is 1. The zero-order valence-electron chi connectivity index (χ0n) is 9.52. The molecule has 0 saturated carbocycles. The second-order valence-corrected chi connectivity index (χ2v) is 5.94. The molecule has 1 rings (SSSR count). The van der Waals surface area contributed by atoms with Crippen molar-refractivity contribution >= 4 is 16.8 Å². The predicted molar refractivity (Wildman–Crippen MR) is 63.0 cm³/mol. The Hall–Kier alpha value is -0.420. The van der Waals surface area contributed by atoms with Gasteiger partial charge >= 0.3 is 5.97 Å². The molecule has 94 valence electrons. The van der Waals surface area contributed by atoms with Gasteiger partial charge in [-0.2, -0.15) is 0 Å². The molecule has 1 heterocycles. The van der Waals surface area contributed by atoms with Gasteiger partial charge in [0.05, 0.1) is 0 Å². The number of ether oxygens (including phenoxy) is 1. The van der Waals surface area contributed by atoms with Crippen LogP contribution in [0.2, 0.25) is 0 Å². The quantitative estimate of drug-likeness (QED) is 0.694. The summed E-state index contributed by atoms with van der Waals surface area (Å²) >= 11 is 0. The van der Waals surface area contributed by atoms with Gasteiger partial charge in [0.15, 0.2) is 0 Å². The van der Waals surface area contributed by atoms with Crippen molar-refractivity contribution < 1.29 is 18.8 Å². The second kappa shape index (κ2) is 7.79. The van der Waals surface area contributed by atoms with Crippen molar-refractivity contribution in [2.45, 2.75) is 43.8 Å². The van der Waals surface area contributed by atoms with Crippen LogP contribution in [0.25, 0.3) is 0 Å². The smallest absolute Gasteiger partial charge is 0.303 e. The van der Waals surface area contributed by atoms with Crippen LogP contribution in [0.5, 0.6) is 0 Å². The first-order valence-corrected chi connectivity index (χ1v) is 7.25. The Morgan fingerprint density at radius 2 is 1.94 bits per heavy atom. The molecule has 0 aliphatic carbocycles. The van der Waals surface area contributed by atoms with E-state index in [1.807, 2.05) is 0 Å². The lowest BCUT2D eigenvalue weighted by Gasteiger charge is -2.21. The first-order valence-electron chi connectivity index (χ1n) is 5.87. The molecule has 0 spiro atoms. The Morgan fingerprint density at radius 1 is 1.25 bits per heavy atom. The van der Waals surface area contributed by atoms with Crippen molar-refractivity contribution in [1.29, 1.82) is 0 Å². The molecule has 0 bridgehead atoms. The molecule has 4 nitrogen and oxygen atoms in total. The molecule has 0 amide bonds. The maximum atomic E-state index is 11.8. The molecule has 1 aliphatic rings. The topological polar surface area (TPSA) is 63.6 Å². The highest BCUT2D eigenvalue weighted by Gasteiger charge is 2.19. The van der Waals surface area contributed by atoms with Gasteiger partial charge in [0.25, 0.3) is 0 Å². The van der Waals surface area contributed by atoms with E-state index in [2.05, 4.69) is 0 Å². The van der Waals surface area contributed by atoms with Crippen molar-refractivity contribution in [1.82, 2.24) is 0 Å². The van der Waals surface area contributed by atoms with Crippen LogP contribution < -0.4 is 0 Å². The fourth-order valence-electron chi connectivity index (χ4n) is 1.80. The van der Waals surface area contributed by atoms with Crippen molar-refractivity contribution in [2.75, 3.05) is 19.0 Å². The van der Waals surface area contributed by atoms with Gasteiger partial charge in [-0.05, 0) is 25.7 Å². The Bertz CT molecular complexity index is 236. The molecule has 0 aromatic carbocycles. The van der Waals surface area contributed by atoms with Crippen LogP contribution in [-0.4, -0.2) is 39.5 Å². The van der Waals surface area contributed by atoms with Crippen LogP contribution in [0.4, 0.5) is 0 Å². The molecule has 1 atom stereocenters. The van der Waals surface area contributed by atoms with E-state index in [4.69, 9.17) is 9.84 Å². The molecule has 1 saturated heterocycles. The molecular formula is C11H20O4S. The van der Waals surface area contributed by atoms with Gasteiger partial charge in [-0.25, -0.2) is 0 Å². The van der Waals surface area contributed by atoms with Gasteiger partial charge in [-0.15, -0.1) is 0 Å². The van der Waals surface area contributed by atoms with E-state index in [9.17, 15) is 9.00 Å². The standard InChI is InChI=1S/C11H20O4S/c12-11(13)4-2-1-3-9-16(14)10-5-7-15-8-6-10/h10H,1-9H2,(H,12,13). The van der Waals surface area contributed by atoms with Crippen LogP contribution in [-0.2, 0) is 20.3 Å². The van der Waals surface area contributed by atoms with Crippen molar-refractivity contribution in [3.63, 3.8) is 0 Å². The molecule has 1 unspecified atom stereocenters. The summed E-state index contributed by atoms with van der Waals surface area (Å²) in [4.78, 5) is 10.3. The molecule has 0 aromatic rings. The number of unbranched alkanes of at least 4 members (excludes halogenated alkanes) is 2. The third-order valence-corrected chi connectivity index (χ3v) is 4.68. The van der Waals surface area contributed by atoms with Gasteiger partial charge in [-0.1, -0.05) is 6.42 Å². The summed E-state index contributed by atoms with van der Waals surface area (Å²) in [7, 11) is -0.748. The Morgan fingerprint density at radius 3 is 2.56 bits per heavy atom. The van der Waals surface area contributed by atoms with Crippen LogP contribution in [0.1, 0.15) is 38.5 Å². The first kappa shape index (κ1) is 13.6. The average Bonchev–Trinajstić information content (AvgIpc) is 2.29. The second-order valence-electron chi connectivity index (χ2n) is 4.10. The summed E-state index contributed by atoms with van der Waals surface area (Å²) in [6.07, 6.45) is 4.46. The minimum absolute atomic E-state index is 0.226. The summed E-state index contributed by atoms with van der Waals surface area (Å²) in [5.74, 6) is -0.0323. The third-order valence-electron chi connectivity index (χ3n) is 2.78. The fourth-order valence-corrected chi connectivity index (χ4v) is 3.34. The highest BCUT2D eigenvalue weighted by Crippen LogP contribution is 2.14. The molecule has 1 aliphatic heterocycles. The number of rotatable bonds is 7. The number of hydrogen-bond donors (Lipinski definition) is 1. The highest BCUT2D eigenvalue weighted by molar-refractivity contribution is 7.85. The fraction of sp³-hybridized carbons (Fsp3) is 0.909. The number of hydrogen-bond acceptors (Lipinski definition) is 3. The zero-order chi connectivity index (χ0) is 11.8.